The van der Waals surface area contributed by atoms with E-state index in [1.54, 1.807) is 26.0 Å². The molecule has 0 spiro atoms. The van der Waals surface area contributed by atoms with Crippen molar-refractivity contribution in [2.75, 3.05) is 6.61 Å². The van der Waals surface area contributed by atoms with Crippen LogP contribution in [0.15, 0.2) is 29.4 Å². The van der Waals surface area contributed by atoms with Crippen LogP contribution in [-0.2, 0) is 4.79 Å². The van der Waals surface area contributed by atoms with E-state index in [0.29, 0.717) is 11.5 Å². The van der Waals surface area contributed by atoms with Crippen LogP contribution in [-0.4, -0.2) is 24.3 Å². The van der Waals surface area contributed by atoms with Crippen LogP contribution in [0.2, 0.25) is 0 Å². The maximum atomic E-state index is 11.7. The Kier molecular flexibility index (Phi) is 3.27. The van der Waals surface area contributed by atoms with Crippen LogP contribution in [0, 0.1) is 0 Å². The number of nitrogens with one attached hydrogen (secondary N) is 1. The van der Waals surface area contributed by atoms with Gasteiger partial charge in [-0.1, -0.05) is 12.1 Å². The minimum absolute atomic E-state index is 0.196. The summed E-state index contributed by atoms with van der Waals surface area (Å²) in [6.45, 7) is 3.79. The molecule has 1 aromatic rings. The van der Waals surface area contributed by atoms with Crippen LogP contribution < -0.4 is 14.9 Å². The first-order valence-corrected chi connectivity index (χ1v) is 5.36. The summed E-state index contributed by atoms with van der Waals surface area (Å²) in [7, 11) is 0. The smallest absolute Gasteiger partial charge is 0.284 e. The van der Waals surface area contributed by atoms with Gasteiger partial charge in [0.2, 0.25) is 6.10 Å². The fourth-order valence-electron chi connectivity index (χ4n) is 1.39. The lowest BCUT2D eigenvalue weighted by molar-refractivity contribution is -0.130. The number of carbonyl (C=O) groups excluding carboxylic acids is 1. The summed E-state index contributed by atoms with van der Waals surface area (Å²) < 4.78 is 10.9. The SMILES string of the molecule is CC(C)=NNC(=O)[C@@H]1COc2ccccc2O1. The molecule has 2 rings (SSSR count). The molecule has 17 heavy (non-hydrogen) atoms. The first kappa shape index (κ1) is 11.4. The fraction of sp³-hybridized carbons (Fsp3) is 0.333. The van der Waals surface area contributed by atoms with E-state index in [0.717, 1.165) is 5.71 Å². The third-order valence-electron chi connectivity index (χ3n) is 2.19. The highest BCUT2D eigenvalue weighted by Crippen LogP contribution is 2.30. The van der Waals surface area contributed by atoms with Crippen LogP contribution in [0.25, 0.3) is 0 Å². The molecule has 0 aliphatic carbocycles. The molecule has 1 aliphatic heterocycles. The van der Waals surface area contributed by atoms with Gasteiger partial charge < -0.3 is 9.47 Å². The van der Waals surface area contributed by atoms with Crippen molar-refractivity contribution in [3.63, 3.8) is 0 Å². The number of ether oxygens (including phenoxy) is 2. The van der Waals surface area contributed by atoms with Crippen molar-refractivity contribution in [2.45, 2.75) is 20.0 Å². The monoisotopic (exact) mass is 234 g/mol. The Morgan fingerprint density at radius 2 is 2.06 bits per heavy atom. The molecule has 5 heteroatoms. The van der Waals surface area contributed by atoms with E-state index in [4.69, 9.17) is 9.47 Å². The van der Waals surface area contributed by atoms with Crippen LogP contribution in [0.3, 0.4) is 0 Å². The van der Waals surface area contributed by atoms with Crippen LogP contribution in [0.5, 0.6) is 11.5 Å². The predicted octanol–water partition coefficient (Wildman–Crippen LogP) is 1.34. The lowest BCUT2D eigenvalue weighted by Crippen LogP contribution is -2.42. The molecule has 0 fully saturated rings. The van der Waals surface area contributed by atoms with Gasteiger partial charge in [-0.2, -0.15) is 5.10 Å². The molecule has 1 atom stereocenters. The maximum absolute atomic E-state index is 11.7. The Balaban J connectivity index is 2.02. The van der Waals surface area contributed by atoms with Crippen molar-refractivity contribution in [3.05, 3.63) is 24.3 Å². The molecule has 0 radical (unpaired) electrons. The first-order chi connectivity index (χ1) is 8.16. The zero-order valence-corrected chi connectivity index (χ0v) is 9.77. The quantitative estimate of drug-likeness (QED) is 0.620. The molecule has 0 unspecified atom stereocenters. The van der Waals surface area contributed by atoms with Gasteiger partial charge in [0.25, 0.3) is 5.91 Å². The van der Waals surface area contributed by atoms with Gasteiger partial charge in [-0.3, -0.25) is 4.79 Å². The average molecular weight is 234 g/mol. The van der Waals surface area contributed by atoms with Crippen molar-refractivity contribution in [2.24, 2.45) is 5.10 Å². The maximum Gasteiger partial charge on any atom is 0.284 e. The van der Waals surface area contributed by atoms with Crippen molar-refractivity contribution in [1.82, 2.24) is 5.43 Å². The lowest BCUT2D eigenvalue weighted by Gasteiger charge is -2.24. The van der Waals surface area contributed by atoms with E-state index in [1.807, 2.05) is 12.1 Å². The van der Waals surface area contributed by atoms with E-state index in [1.165, 1.54) is 0 Å². The third kappa shape index (κ3) is 2.75. The van der Waals surface area contributed by atoms with Crippen molar-refractivity contribution < 1.29 is 14.3 Å². The van der Waals surface area contributed by atoms with E-state index >= 15 is 0 Å². The van der Waals surface area contributed by atoms with Crippen molar-refractivity contribution >= 4 is 11.6 Å². The topological polar surface area (TPSA) is 59.9 Å². The van der Waals surface area contributed by atoms with Gasteiger partial charge in [-0.25, -0.2) is 5.43 Å². The Morgan fingerprint density at radius 1 is 1.35 bits per heavy atom. The second kappa shape index (κ2) is 4.86. The van der Waals surface area contributed by atoms with E-state index in [9.17, 15) is 4.79 Å². The zero-order valence-electron chi connectivity index (χ0n) is 9.77. The highest BCUT2D eigenvalue weighted by molar-refractivity contribution is 5.85. The molecular weight excluding hydrogens is 220 g/mol. The van der Waals surface area contributed by atoms with Crippen LogP contribution in [0.4, 0.5) is 0 Å². The summed E-state index contributed by atoms with van der Waals surface area (Å²) in [4.78, 5) is 11.7. The molecular formula is C12H14N2O3. The van der Waals surface area contributed by atoms with Gasteiger partial charge in [0.1, 0.15) is 6.61 Å². The third-order valence-corrected chi connectivity index (χ3v) is 2.19. The van der Waals surface area contributed by atoms with Crippen LogP contribution >= 0.6 is 0 Å². The number of hydrogen-bond acceptors (Lipinski definition) is 4. The van der Waals surface area contributed by atoms with Gasteiger partial charge in [-0.05, 0) is 26.0 Å². The molecule has 0 saturated heterocycles. The number of hydrazone groups is 1. The first-order valence-electron chi connectivity index (χ1n) is 5.36. The standard InChI is InChI=1S/C12H14N2O3/c1-8(2)13-14-12(15)11-7-16-9-5-3-4-6-10(9)17-11/h3-6,11H,7H2,1-2H3,(H,14,15)/t11-/m0/s1. The summed E-state index contributed by atoms with van der Waals surface area (Å²) in [6.07, 6.45) is -0.659. The number of benzene rings is 1. The summed E-state index contributed by atoms with van der Waals surface area (Å²) >= 11 is 0. The number of para-hydroxylation sites is 2. The highest BCUT2D eigenvalue weighted by Gasteiger charge is 2.26. The van der Waals surface area contributed by atoms with Gasteiger partial charge in [-0.15, -0.1) is 0 Å². The zero-order chi connectivity index (χ0) is 12.3. The minimum Gasteiger partial charge on any atom is -0.485 e. The Bertz CT molecular complexity index is 453. The minimum atomic E-state index is -0.659. The second-order valence-electron chi connectivity index (χ2n) is 3.90. The molecule has 5 nitrogen and oxygen atoms in total. The van der Waals surface area contributed by atoms with Crippen molar-refractivity contribution in [1.29, 1.82) is 0 Å². The second-order valence-corrected chi connectivity index (χ2v) is 3.90. The Morgan fingerprint density at radius 3 is 2.76 bits per heavy atom. The molecule has 1 aliphatic rings. The molecule has 90 valence electrons. The average Bonchev–Trinajstić information content (AvgIpc) is 2.35. The number of nitrogens with zero attached hydrogens (tertiary/aromatic N) is 1. The van der Waals surface area contributed by atoms with E-state index in [-0.39, 0.29) is 12.5 Å². The molecule has 1 amide bonds. The van der Waals surface area contributed by atoms with Crippen molar-refractivity contribution in [3.8, 4) is 11.5 Å². The van der Waals surface area contributed by atoms with E-state index in [2.05, 4.69) is 10.5 Å². The summed E-state index contributed by atoms with van der Waals surface area (Å²) in [6, 6.07) is 7.26. The summed E-state index contributed by atoms with van der Waals surface area (Å²) in [5, 5.41) is 3.84. The number of fused-ring (bicyclic) bond motifs is 1. The number of hydrogen-bond donors (Lipinski definition) is 1. The largest absolute Gasteiger partial charge is 0.485 e. The number of carbonyl (C=O) groups is 1. The Hall–Kier alpha value is -2.04. The molecule has 0 aromatic heterocycles. The number of amides is 1. The van der Waals surface area contributed by atoms with Crippen LogP contribution in [0.1, 0.15) is 13.8 Å². The molecule has 1 aromatic carbocycles. The molecule has 0 bridgehead atoms. The molecule has 1 N–H and O–H groups in total. The normalized spacial score (nSPS) is 17.2. The van der Waals surface area contributed by atoms with Gasteiger partial charge >= 0.3 is 0 Å². The van der Waals surface area contributed by atoms with Gasteiger partial charge in [0, 0.05) is 5.71 Å². The summed E-state index contributed by atoms with van der Waals surface area (Å²) in [5.41, 5.74) is 3.20. The lowest BCUT2D eigenvalue weighted by atomic mass is 10.2. The molecule has 1 heterocycles. The van der Waals surface area contributed by atoms with Gasteiger partial charge in [0.15, 0.2) is 11.5 Å². The van der Waals surface area contributed by atoms with Gasteiger partial charge in [0.05, 0.1) is 0 Å². The highest BCUT2D eigenvalue weighted by atomic mass is 16.6. The Labute approximate surface area is 99.4 Å². The number of rotatable bonds is 2. The molecule has 0 saturated carbocycles. The summed E-state index contributed by atoms with van der Waals surface area (Å²) in [5.74, 6) is 0.934. The van der Waals surface area contributed by atoms with E-state index < -0.39 is 6.10 Å². The predicted molar refractivity (Wildman–Crippen MR) is 63.3 cm³/mol. The fourth-order valence-corrected chi connectivity index (χ4v) is 1.39.